The summed E-state index contributed by atoms with van der Waals surface area (Å²) < 4.78 is 39.7. The first kappa shape index (κ1) is 12.6. The number of ether oxygens (including phenoxy) is 1. The Balaban J connectivity index is 2.17. The molecule has 1 heterocycles. The van der Waals surface area contributed by atoms with Gasteiger partial charge in [-0.25, -0.2) is 10.2 Å². The van der Waals surface area contributed by atoms with Crippen molar-refractivity contribution in [1.82, 2.24) is 16.4 Å². The number of urea groups is 1. The van der Waals surface area contributed by atoms with Crippen molar-refractivity contribution in [2.45, 2.75) is 6.36 Å². The molecule has 6 nitrogen and oxygen atoms in total. The summed E-state index contributed by atoms with van der Waals surface area (Å²) in [5.41, 5.74) is 8.13. The zero-order valence-electron chi connectivity index (χ0n) is 8.45. The molecule has 10 heteroatoms. The molecule has 2 amide bonds. The van der Waals surface area contributed by atoms with Gasteiger partial charge in [0.1, 0.15) is 5.75 Å². The first-order valence-electron chi connectivity index (χ1n) is 4.47. The number of rotatable bonds is 2. The van der Waals surface area contributed by atoms with E-state index >= 15 is 0 Å². The third kappa shape index (κ3) is 2.87. The number of halogens is 4. The van der Waals surface area contributed by atoms with Crippen LogP contribution in [0.15, 0.2) is 18.2 Å². The number of nitrogens with one attached hydrogen (secondary N) is 2. The SMILES string of the molecule is O=C1[N]NN(c2ccc(OC(F)(F)F)c(Cl)c2)N1. The number of hydrogen-bond acceptors (Lipinski definition) is 4. The van der Waals surface area contributed by atoms with Gasteiger partial charge in [-0.2, -0.15) is 5.12 Å². The van der Waals surface area contributed by atoms with Crippen LogP contribution >= 0.6 is 11.6 Å². The molecule has 1 aliphatic rings. The first-order valence-corrected chi connectivity index (χ1v) is 4.85. The number of alkyl halides is 3. The van der Waals surface area contributed by atoms with Crippen molar-refractivity contribution in [3.05, 3.63) is 23.2 Å². The average Bonchev–Trinajstić information content (AvgIpc) is 2.66. The number of benzene rings is 1. The van der Waals surface area contributed by atoms with Crippen LogP contribution < -0.4 is 26.2 Å². The highest BCUT2D eigenvalue weighted by Crippen LogP contribution is 2.32. The number of carbonyl (C=O) groups is 1. The fourth-order valence-electron chi connectivity index (χ4n) is 1.20. The summed E-state index contributed by atoms with van der Waals surface area (Å²) in [5.74, 6) is -0.532. The zero-order chi connectivity index (χ0) is 13.3. The Bertz CT molecular complexity index is 482. The second kappa shape index (κ2) is 4.42. The Morgan fingerprint density at radius 2 is 2.11 bits per heavy atom. The van der Waals surface area contributed by atoms with Gasteiger partial charge in [0.15, 0.2) is 0 Å². The van der Waals surface area contributed by atoms with E-state index in [9.17, 15) is 18.0 Å². The smallest absolute Gasteiger partial charge is 0.404 e. The molecule has 18 heavy (non-hydrogen) atoms. The quantitative estimate of drug-likeness (QED) is 0.866. The zero-order valence-corrected chi connectivity index (χ0v) is 9.21. The molecule has 97 valence electrons. The van der Waals surface area contributed by atoms with E-state index in [0.717, 1.165) is 11.2 Å². The van der Waals surface area contributed by atoms with Crippen LogP contribution in [0.5, 0.6) is 5.75 Å². The largest absolute Gasteiger partial charge is 0.573 e. The van der Waals surface area contributed by atoms with Gasteiger partial charge >= 0.3 is 12.4 Å². The van der Waals surface area contributed by atoms with Crippen LogP contribution in [-0.2, 0) is 0 Å². The molecule has 2 N–H and O–H groups in total. The van der Waals surface area contributed by atoms with E-state index < -0.39 is 18.1 Å². The van der Waals surface area contributed by atoms with Gasteiger partial charge in [0.2, 0.25) is 0 Å². The Morgan fingerprint density at radius 1 is 1.39 bits per heavy atom. The van der Waals surface area contributed by atoms with Gasteiger partial charge in [-0.05, 0) is 18.2 Å². The maximum atomic E-state index is 12.0. The lowest BCUT2D eigenvalue weighted by Crippen LogP contribution is -2.39. The Kier molecular flexibility index (Phi) is 3.09. The van der Waals surface area contributed by atoms with Crippen LogP contribution in [0, 0.1) is 0 Å². The van der Waals surface area contributed by atoms with Crippen molar-refractivity contribution in [3.63, 3.8) is 0 Å². The summed E-state index contributed by atoms with van der Waals surface area (Å²) in [5, 5.41) is 0.832. The molecule has 1 fully saturated rings. The third-order valence-electron chi connectivity index (χ3n) is 1.86. The maximum Gasteiger partial charge on any atom is 0.573 e. The molecule has 0 aromatic heterocycles. The molecule has 1 aliphatic heterocycles. The van der Waals surface area contributed by atoms with Crippen molar-refractivity contribution in [2.24, 2.45) is 0 Å². The van der Waals surface area contributed by atoms with Crippen LogP contribution in [-0.4, -0.2) is 12.4 Å². The minimum absolute atomic E-state index is 0.257. The fraction of sp³-hybridized carbons (Fsp3) is 0.125. The summed E-state index contributed by atoms with van der Waals surface area (Å²) >= 11 is 5.63. The summed E-state index contributed by atoms with van der Waals surface area (Å²) in [7, 11) is 0. The minimum Gasteiger partial charge on any atom is -0.404 e. The number of anilines is 1. The Morgan fingerprint density at radius 3 is 2.61 bits per heavy atom. The molecule has 0 unspecified atom stereocenters. The predicted octanol–water partition coefficient (Wildman–Crippen LogP) is 1.71. The van der Waals surface area contributed by atoms with E-state index in [1.807, 2.05) is 0 Å². The van der Waals surface area contributed by atoms with Crippen LogP contribution in [0.3, 0.4) is 0 Å². The summed E-state index contributed by atoms with van der Waals surface area (Å²) in [6, 6.07) is 2.83. The Hall–Kier alpha value is -1.87. The molecule has 0 spiro atoms. The molecule has 0 bridgehead atoms. The van der Waals surface area contributed by atoms with Crippen molar-refractivity contribution >= 4 is 23.3 Å². The molecule has 2 rings (SSSR count). The number of amides is 2. The predicted molar refractivity (Wildman–Crippen MR) is 54.4 cm³/mol. The van der Waals surface area contributed by atoms with Gasteiger partial charge in [0.05, 0.1) is 10.7 Å². The number of hydrazine groups is 2. The summed E-state index contributed by atoms with van der Waals surface area (Å²) in [6.45, 7) is 0. The number of nitrogens with zero attached hydrogens (tertiary/aromatic N) is 2. The van der Waals surface area contributed by atoms with Gasteiger partial charge in [0, 0.05) is 0 Å². The van der Waals surface area contributed by atoms with E-state index in [1.54, 1.807) is 0 Å². The van der Waals surface area contributed by atoms with Crippen molar-refractivity contribution in [2.75, 3.05) is 5.12 Å². The molecule has 1 aromatic rings. The summed E-state index contributed by atoms with van der Waals surface area (Å²) in [6.07, 6.45) is -4.82. The van der Waals surface area contributed by atoms with Gasteiger partial charge in [0.25, 0.3) is 0 Å². The van der Waals surface area contributed by atoms with E-state index in [4.69, 9.17) is 11.6 Å². The highest BCUT2D eigenvalue weighted by atomic mass is 35.5. The molecule has 1 aromatic carbocycles. The summed E-state index contributed by atoms with van der Waals surface area (Å²) in [4.78, 5) is 10.8. The van der Waals surface area contributed by atoms with Gasteiger partial charge in [-0.1, -0.05) is 17.1 Å². The van der Waals surface area contributed by atoms with Gasteiger partial charge in [-0.3, -0.25) is 0 Å². The third-order valence-corrected chi connectivity index (χ3v) is 2.15. The topological polar surface area (TPSA) is 67.7 Å². The van der Waals surface area contributed by atoms with Crippen LogP contribution in [0.25, 0.3) is 0 Å². The molecule has 0 saturated carbocycles. The Labute approximate surface area is 104 Å². The maximum absolute atomic E-state index is 12.0. The lowest BCUT2D eigenvalue weighted by Gasteiger charge is -2.16. The highest BCUT2D eigenvalue weighted by molar-refractivity contribution is 6.32. The molecule has 1 saturated heterocycles. The molecular formula is C8H5ClF3N4O2. The van der Waals surface area contributed by atoms with Gasteiger partial charge < -0.3 is 4.74 Å². The normalized spacial score (nSPS) is 15.3. The highest BCUT2D eigenvalue weighted by Gasteiger charge is 2.32. The fourth-order valence-corrected chi connectivity index (χ4v) is 1.41. The van der Waals surface area contributed by atoms with Crippen LogP contribution in [0.4, 0.5) is 23.7 Å². The second-order valence-electron chi connectivity index (χ2n) is 3.13. The van der Waals surface area contributed by atoms with E-state index in [-0.39, 0.29) is 5.02 Å². The first-order chi connectivity index (χ1) is 8.35. The minimum atomic E-state index is -4.82. The lowest BCUT2D eigenvalue weighted by molar-refractivity contribution is -0.274. The standard InChI is InChI=1S/C8H5ClF3N4O2/c9-5-3-4(16-14-7(17)13-15-16)1-2-6(5)18-8(10,11)12/h1-3,15H,(H,14,17). The van der Waals surface area contributed by atoms with E-state index in [2.05, 4.69) is 21.1 Å². The molecule has 1 radical (unpaired) electrons. The molecule has 0 atom stereocenters. The number of carbonyl (C=O) groups excluding carboxylic acids is 1. The number of hydrogen-bond donors (Lipinski definition) is 2. The average molecular weight is 282 g/mol. The van der Waals surface area contributed by atoms with Crippen LogP contribution in [0.2, 0.25) is 5.02 Å². The van der Waals surface area contributed by atoms with Crippen LogP contribution in [0.1, 0.15) is 0 Å². The lowest BCUT2D eigenvalue weighted by atomic mass is 10.3. The van der Waals surface area contributed by atoms with E-state index in [1.165, 1.54) is 12.1 Å². The van der Waals surface area contributed by atoms with Crippen molar-refractivity contribution in [3.8, 4) is 5.75 Å². The monoisotopic (exact) mass is 281 g/mol. The van der Waals surface area contributed by atoms with Crippen molar-refractivity contribution < 1.29 is 22.7 Å². The second-order valence-corrected chi connectivity index (χ2v) is 3.53. The van der Waals surface area contributed by atoms with Crippen molar-refractivity contribution in [1.29, 1.82) is 0 Å². The molecule has 0 aliphatic carbocycles. The van der Waals surface area contributed by atoms with Gasteiger partial charge in [-0.15, -0.1) is 18.6 Å². The molecular weight excluding hydrogens is 277 g/mol. The van der Waals surface area contributed by atoms with E-state index in [0.29, 0.717) is 5.69 Å².